The van der Waals surface area contributed by atoms with E-state index in [1.807, 2.05) is 0 Å². The summed E-state index contributed by atoms with van der Waals surface area (Å²) in [6.45, 7) is 15.2. The van der Waals surface area contributed by atoms with Gasteiger partial charge in [0, 0.05) is 0 Å². The molecule has 0 spiro atoms. The van der Waals surface area contributed by atoms with Crippen molar-refractivity contribution in [2.45, 2.75) is 60.3 Å². The average molecular weight is 208 g/mol. The van der Waals surface area contributed by atoms with Crippen LogP contribution in [0.25, 0.3) is 0 Å². The molecule has 0 radical (unpaired) electrons. The van der Waals surface area contributed by atoms with E-state index < -0.39 is 0 Å². The molecule has 0 amide bonds. The van der Waals surface area contributed by atoms with Crippen molar-refractivity contribution in [3.05, 3.63) is 23.8 Å². The van der Waals surface area contributed by atoms with E-state index in [2.05, 4.69) is 47.3 Å². The first kappa shape index (κ1) is 14.5. The molecule has 15 heavy (non-hydrogen) atoms. The van der Waals surface area contributed by atoms with E-state index in [-0.39, 0.29) is 0 Å². The third-order valence-electron chi connectivity index (χ3n) is 2.54. The first-order valence-electron chi connectivity index (χ1n) is 6.26. The van der Waals surface area contributed by atoms with Crippen molar-refractivity contribution in [3.63, 3.8) is 0 Å². The van der Waals surface area contributed by atoms with Gasteiger partial charge in [0.1, 0.15) is 0 Å². The summed E-state index contributed by atoms with van der Waals surface area (Å²) in [5.74, 6) is 1.61. The minimum absolute atomic E-state index is 0.803. The Morgan fingerprint density at radius 2 is 1.40 bits per heavy atom. The first-order chi connectivity index (χ1) is 6.91. The smallest absolute Gasteiger partial charge is 0.0315 e. The largest absolute Gasteiger partial charge is 0.0961 e. The van der Waals surface area contributed by atoms with Gasteiger partial charge in [-0.2, -0.15) is 0 Å². The minimum atomic E-state index is 0.803. The third kappa shape index (κ3) is 9.78. The lowest BCUT2D eigenvalue weighted by atomic mass is 9.95. The van der Waals surface area contributed by atoms with Crippen molar-refractivity contribution in [1.29, 1.82) is 0 Å². The monoisotopic (exact) mass is 208 g/mol. The Balaban J connectivity index is 4.13. The van der Waals surface area contributed by atoms with Gasteiger partial charge in [-0.1, -0.05) is 51.5 Å². The van der Waals surface area contributed by atoms with E-state index in [4.69, 9.17) is 0 Å². The molecule has 0 aromatic carbocycles. The number of rotatable bonds is 7. The third-order valence-corrected chi connectivity index (χ3v) is 2.54. The molecule has 0 heteroatoms. The zero-order valence-corrected chi connectivity index (χ0v) is 11.3. The predicted octanol–water partition coefficient (Wildman–Crippen LogP) is 5.36. The molecule has 0 aliphatic heterocycles. The van der Waals surface area contributed by atoms with Crippen LogP contribution in [0, 0.1) is 11.8 Å². The van der Waals surface area contributed by atoms with Gasteiger partial charge in [0.2, 0.25) is 0 Å². The second-order valence-corrected chi connectivity index (χ2v) is 5.51. The molecule has 0 aromatic rings. The zero-order chi connectivity index (χ0) is 11.8. The van der Waals surface area contributed by atoms with Crippen LogP contribution in [-0.2, 0) is 0 Å². The standard InChI is InChI=1S/C15H28/c1-12(2)7-9-15(11-14(5)6)10-8-13(3)4/h11-13H,5,7-10H2,1-4,6H3. The molecule has 0 rings (SSSR count). The molecule has 0 bridgehead atoms. The van der Waals surface area contributed by atoms with E-state index in [1.54, 1.807) is 5.57 Å². The second-order valence-electron chi connectivity index (χ2n) is 5.51. The Morgan fingerprint density at radius 1 is 1.00 bits per heavy atom. The summed E-state index contributed by atoms with van der Waals surface area (Å²) < 4.78 is 0. The molecule has 88 valence electrons. The SMILES string of the molecule is C=C(C)C=C(CCC(C)C)CCC(C)C. The summed E-state index contributed by atoms with van der Waals surface area (Å²) in [5, 5.41) is 0. The fourth-order valence-corrected chi connectivity index (χ4v) is 1.57. The van der Waals surface area contributed by atoms with Crippen molar-refractivity contribution in [2.24, 2.45) is 11.8 Å². The highest BCUT2D eigenvalue weighted by atomic mass is 14.1. The predicted molar refractivity (Wildman–Crippen MR) is 71.0 cm³/mol. The molecule has 0 saturated carbocycles. The fourth-order valence-electron chi connectivity index (χ4n) is 1.57. The highest BCUT2D eigenvalue weighted by Crippen LogP contribution is 2.20. The van der Waals surface area contributed by atoms with Crippen LogP contribution in [0.2, 0.25) is 0 Å². The maximum absolute atomic E-state index is 3.97. The van der Waals surface area contributed by atoms with Gasteiger partial charge in [-0.25, -0.2) is 0 Å². The maximum Gasteiger partial charge on any atom is -0.0315 e. The summed E-state index contributed by atoms with van der Waals surface area (Å²) in [4.78, 5) is 0. The van der Waals surface area contributed by atoms with Crippen LogP contribution < -0.4 is 0 Å². The highest BCUT2D eigenvalue weighted by molar-refractivity contribution is 5.18. The molecule has 0 N–H and O–H groups in total. The highest BCUT2D eigenvalue weighted by Gasteiger charge is 2.02. The van der Waals surface area contributed by atoms with Gasteiger partial charge in [0.25, 0.3) is 0 Å². The number of hydrogen-bond acceptors (Lipinski definition) is 0. The lowest BCUT2D eigenvalue weighted by Crippen LogP contribution is -1.94. The van der Waals surface area contributed by atoms with Gasteiger partial charge < -0.3 is 0 Å². The molecular weight excluding hydrogens is 180 g/mol. The van der Waals surface area contributed by atoms with Crippen LogP contribution in [0.15, 0.2) is 23.8 Å². The Morgan fingerprint density at radius 3 is 1.67 bits per heavy atom. The van der Waals surface area contributed by atoms with Crippen molar-refractivity contribution in [3.8, 4) is 0 Å². The lowest BCUT2D eigenvalue weighted by Gasteiger charge is -2.11. The van der Waals surface area contributed by atoms with Crippen LogP contribution in [0.3, 0.4) is 0 Å². The van der Waals surface area contributed by atoms with Crippen molar-refractivity contribution < 1.29 is 0 Å². The lowest BCUT2D eigenvalue weighted by molar-refractivity contribution is 0.545. The van der Waals surface area contributed by atoms with Crippen LogP contribution in [0.4, 0.5) is 0 Å². The van der Waals surface area contributed by atoms with Crippen LogP contribution in [-0.4, -0.2) is 0 Å². The maximum atomic E-state index is 3.97. The van der Waals surface area contributed by atoms with E-state index in [0.29, 0.717) is 0 Å². The Bertz CT molecular complexity index is 192. The van der Waals surface area contributed by atoms with Crippen molar-refractivity contribution in [2.75, 3.05) is 0 Å². The van der Waals surface area contributed by atoms with Crippen LogP contribution in [0.1, 0.15) is 60.3 Å². The summed E-state index contributed by atoms with van der Waals surface area (Å²) in [5.41, 5.74) is 2.78. The second kappa shape index (κ2) is 7.73. The molecule has 0 unspecified atom stereocenters. The molecule has 0 fully saturated rings. The van der Waals surface area contributed by atoms with Gasteiger partial charge in [-0.05, 0) is 44.4 Å². The molecule has 0 atom stereocenters. The minimum Gasteiger partial charge on any atom is -0.0961 e. The summed E-state index contributed by atoms with van der Waals surface area (Å²) in [7, 11) is 0. The van der Waals surface area contributed by atoms with Crippen LogP contribution in [0.5, 0.6) is 0 Å². The normalized spacial score (nSPS) is 10.9. The van der Waals surface area contributed by atoms with E-state index in [9.17, 15) is 0 Å². The Hall–Kier alpha value is -0.520. The molecule has 0 aromatic heterocycles. The molecule has 0 saturated heterocycles. The summed E-state index contributed by atoms with van der Waals surface area (Å²) >= 11 is 0. The van der Waals surface area contributed by atoms with E-state index in [0.717, 1.165) is 11.8 Å². The fraction of sp³-hybridized carbons (Fsp3) is 0.733. The Kier molecular flexibility index (Phi) is 7.46. The molecule has 0 aliphatic rings. The van der Waals surface area contributed by atoms with Gasteiger partial charge in [0.15, 0.2) is 0 Å². The van der Waals surface area contributed by atoms with Gasteiger partial charge in [0.05, 0.1) is 0 Å². The zero-order valence-electron chi connectivity index (χ0n) is 11.3. The average Bonchev–Trinajstić information content (AvgIpc) is 2.08. The van der Waals surface area contributed by atoms with Crippen molar-refractivity contribution >= 4 is 0 Å². The van der Waals surface area contributed by atoms with Gasteiger partial charge in [-0.3, -0.25) is 0 Å². The van der Waals surface area contributed by atoms with E-state index >= 15 is 0 Å². The Labute approximate surface area is 96.5 Å². The summed E-state index contributed by atoms with van der Waals surface area (Å²) in [6, 6.07) is 0. The van der Waals surface area contributed by atoms with Gasteiger partial charge in [-0.15, -0.1) is 0 Å². The topological polar surface area (TPSA) is 0 Å². The molecular formula is C15H28. The quantitative estimate of drug-likeness (QED) is 0.494. The molecule has 0 aliphatic carbocycles. The number of hydrogen-bond donors (Lipinski definition) is 0. The molecule has 0 nitrogen and oxygen atoms in total. The van der Waals surface area contributed by atoms with Crippen molar-refractivity contribution in [1.82, 2.24) is 0 Å². The number of allylic oxidation sites excluding steroid dienone is 3. The van der Waals surface area contributed by atoms with Gasteiger partial charge >= 0.3 is 0 Å². The summed E-state index contributed by atoms with van der Waals surface area (Å²) in [6.07, 6.45) is 7.38. The van der Waals surface area contributed by atoms with E-state index in [1.165, 1.54) is 31.3 Å². The first-order valence-corrected chi connectivity index (χ1v) is 6.26. The van der Waals surface area contributed by atoms with Crippen LogP contribution >= 0.6 is 0 Å². The molecule has 0 heterocycles.